The minimum Gasteiger partial charge on any atom is -0.337 e. The number of carbonyl (C=O) groups is 3. The number of halogens is 1. The smallest absolute Gasteiger partial charge is 0.277 e. The number of fused-ring (bicyclic) bond motifs is 2. The molecule has 1 aliphatic rings. The Labute approximate surface area is 324 Å². The molecule has 286 valence electrons. The largest absolute Gasteiger partial charge is 0.337 e. The second-order valence-corrected chi connectivity index (χ2v) is 15.5. The van der Waals surface area contributed by atoms with Gasteiger partial charge in [0.25, 0.3) is 33.4 Å². The highest BCUT2D eigenvalue weighted by atomic mass is 35.5. The molecule has 0 aliphatic carbocycles. The summed E-state index contributed by atoms with van der Waals surface area (Å²) >= 11 is 6.79. The van der Waals surface area contributed by atoms with E-state index >= 15 is 0 Å². The minimum absolute atomic E-state index is 0.0466. The fraction of sp³-hybridized carbons (Fsp3) is 0.300. The number of nitro groups is 1. The van der Waals surface area contributed by atoms with Crippen LogP contribution in [0.1, 0.15) is 87.6 Å². The van der Waals surface area contributed by atoms with Crippen LogP contribution in [0.4, 0.5) is 5.69 Å². The fourth-order valence-electron chi connectivity index (χ4n) is 6.70. The maximum Gasteiger partial charge on any atom is 0.277 e. The summed E-state index contributed by atoms with van der Waals surface area (Å²) < 4.78 is 30.5. The van der Waals surface area contributed by atoms with E-state index in [0.717, 1.165) is 36.8 Å². The van der Waals surface area contributed by atoms with E-state index in [-0.39, 0.29) is 49.4 Å². The van der Waals surface area contributed by atoms with Gasteiger partial charge in [-0.2, -0.15) is 5.10 Å². The van der Waals surface area contributed by atoms with Crippen molar-refractivity contribution in [3.63, 3.8) is 0 Å². The molecule has 0 spiro atoms. The van der Waals surface area contributed by atoms with Crippen molar-refractivity contribution in [2.45, 2.75) is 64.3 Å². The molecule has 1 aromatic heterocycles. The quantitative estimate of drug-likeness (QED) is 0.0963. The minimum atomic E-state index is -4.46. The first-order chi connectivity index (χ1) is 26.3. The summed E-state index contributed by atoms with van der Waals surface area (Å²) in [5.41, 5.74) is 2.56. The molecule has 0 radical (unpaired) electrons. The van der Waals surface area contributed by atoms with E-state index in [1.165, 1.54) is 59.3 Å². The van der Waals surface area contributed by atoms with Gasteiger partial charge in [-0.25, -0.2) is 17.8 Å². The van der Waals surface area contributed by atoms with Gasteiger partial charge in [0.15, 0.2) is 5.69 Å². The lowest BCUT2D eigenvalue weighted by Crippen LogP contribution is -2.37. The van der Waals surface area contributed by atoms with Gasteiger partial charge in [0, 0.05) is 37.8 Å². The van der Waals surface area contributed by atoms with Crippen LogP contribution in [0.15, 0.2) is 83.8 Å². The summed E-state index contributed by atoms with van der Waals surface area (Å²) in [6.07, 6.45) is 4.04. The molecule has 15 heteroatoms. The van der Waals surface area contributed by atoms with Crippen LogP contribution < -0.4 is 4.72 Å². The number of amides is 3. The van der Waals surface area contributed by atoms with Crippen molar-refractivity contribution in [2.24, 2.45) is 0 Å². The van der Waals surface area contributed by atoms with Crippen molar-refractivity contribution in [1.29, 1.82) is 0 Å². The van der Waals surface area contributed by atoms with E-state index in [1.54, 1.807) is 16.7 Å². The van der Waals surface area contributed by atoms with E-state index < -0.39 is 26.8 Å². The molecule has 13 nitrogen and oxygen atoms in total. The third-order valence-electron chi connectivity index (χ3n) is 9.79. The van der Waals surface area contributed by atoms with Gasteiger partial charge < -0.3 is 9.80 Å². The molecule has 55 heavy (non-hydrogen) atoms. The summed E-state index contributed by atoms with van der Waals surface area (Å²) in [6.45, 7) is 7.58. The maximum absolute atomic E-state index is 14.4. The van der Waals surface area contributed by atoms with Crippen molar-refractivity contribution in [3.8, 4) is 5.69 Å². The zero-order valence-corrected chi connectivity index (χ0v) is 32.3. The first-order valence-electron chi connectivity index (χ1n) is 18.1. The molecular weight excluding hydrogens is 744 g/mol. The van der Waals surface area contributed by atoms with Crippen LogP contribution in [-0.2, 0) is 23.0 Å². The van der Waals surface area contributed by atoms with Gasteiger partial charge in [0.2, 0.25) is 0 Å². The number of nitro benzene ring substituents is 1. The highest BCUT2D eigenvalue weighted by Crippen LogP contribution is 2.30. The number of carbonyl (C=O) groups excluding carboxylic acids is 3. The predicted octanol–water partition coefficient (Wildman–Crippen LogP) is 7.26. The van der Waals surface area contributed by atoms with Crippen LogP contribution in [0, 0.1) is 17.0 Å². The summed E-state index contributed by atoms with van der Waals surface area (Å²) in [5, 5.41) is 16.8. The first kappa shape index (κ1) is 39.1. The van der Waals surface area contributed by atoms with Gasteiger partial charge in [-0.05, 0) is 79.1 Å². The Morgan fingerprint density at radius 2 is 1.65 bits per heavy atom. The number of hydrogen-bond donors (Lipinski definition) is 1. The molecule has 0 unspecified atom stereocenters. The van der Waals surface area contributed by atoms with E-state index in [1.807, 2.05) is 38.1 Å². The number of rotatable bonds is 13. The number of hydrogen-bond acceptors (Lipinski definition) is 8. The monoisotopic (exact) mass is 784 g/mol. The lowest BCUT2D eigenvalue weighted by atomic mass is 9.98. The molecule has 0 atom stereocenters. The van der Waals surface area contributed by atoms with Gasteiger partial charge in [0.1, 0.15) is 0 Å². The average molecular weight is 785 g/mol. The second-order valence-electron chi connectivity index (χ2n) is 13.5. The topological polar surface area (TPSA) is 165 Å². The van der Waals surface area contributed by atoms with Crippen LogP contribution in [-0.4, -0.2) is 70.3 Å². The van der Waals surface area contributed by atoms with E-state index in [4.69, 9.17) is 11.6 Å². The zero-order valence-electron chi connectivity index (χ0n) is 30.7. The van der Waals surface area contributed by atoms with Crippen LogP contribution in [0.2, 0.25) is 5.02 Å². The highest BCUT2D eigenvalue weighted by molar-refractivity contribution is 7.90. The molecule has 2 heterocycles. The van der Waals surface area contributed by atoms with E-state index in [0.29, 0.717) is 43.7 Å². The Morgan fingerprint density at radius 1 is 0.945 bits per heavy atom. The molecule has 6 rings (SSSR count). The summed E-state index contributed by atoms with van der Waals surface area (Å²) in [6, 6.07) is 20.0. The van der Waals surface area contributed by atoms with Crippen molar-refractivity contribution in [1.82, 2.24) is 24.3 Å². The molecule has 1 N–H and O–H groups in total. The molecule has 0 saturated heterocycles. The van der Waals surface area contributed by atoms with Gasteiger partial charge in [-0.1, -0.05) is 74.7 Å². The summed E-state index contributed by atoms with van der Waals surface area (Å²) in [5.74, 6) is -1.75. The Balaban J connectivity index is 1.38. The Kier molecular flexibility index (Phi) is 11.7. The standard InChI is InChI=1S/C40H41ClN6O7S/c1-4-6-20-44(21-7-5-2)40(50)37-36(41)26(3)46(42-37)34-18-15-29(24-33(34)39(49)45-22-19-27-11-8-9-12-30(27)25-45)38(48)43-55(53,54)31-16-17-32-28(23-31)13-10-14-35(32)47(51)52/h8-18,23-24H,4-7,19-22,25H2,1-3H3,(H,43,48). The van der Waals surface area contributed by atoms with Crippen LogP contribution in [0.3, 0.4) is 0 Å². The highest BCUT2D eigenvalue weighted by Gasteiger charge is 2.30. The number of benzene rings is 4. The Bertz CT molecular complexity index is 2420. The van der Waals surface area contributed by atoms with Gasteiger partial charge >= 0.3 is 0 Å². The van der Waals surface area contributed by atoms with Gasteiger partial charge in [0.05, 0.1) is 37.2 Å². The molecule has 4 aromatic carbocycles. The summed E-state index contributed by atoms with van der Waals surface area (Å²) in [4.78, 5) is 56.0. The van der Waals surface area contributed by atoms with Crippen molar-refractivity contribution in [3.05, 3.63) is 128 Å². The lowest BCUT2D eigenvalue weighted by Gasteiger charge is -2.29. The molecular formula is C40H41ClN6O7S. The lowest BCUT2D eigenvalue weighted by molar-refractivity contribution is -0.383. The zero-order chi connectivity index (χ0) is 39.4. The van der Waals surface area contributed by atoms with Crippen molar-refractivity contribution < 1.29 is 27.7 Å². The number of sulfonamides is 1. The number of aromatic nitrogens is 2. The van der Waals surface area contributed by atoms with E-state index in [2.05, 4.69) is 9.82 Å². The molecule has 3 amide bonds. The number of nitrogens with zero attached hydrogens (tertiary/aromatic N) is 5. The summed E-state index contributed by atoms with van der Waals surface area (Å²) in [7, 11) is -4.46. The third kappa shape index (κ3) is 8.10. The predicted molar refractivity (Wildman–Crippen MR) is 209 cm³/mol. The number of non-ortho nitro benzene ring substituents is 1. The maximum atomic E-state index is 14.4. The van der Waals surface area contributed by atoms with Crippen LogP contribution in [0.25, 0.3) is 16.5 Å². The SMILES string of the molecule is CCCCN(CCCC)C(=O)c1nn(-c2ccc(C(=O)NS(=O)(=O)c3ccc4c([N+](=O)[O-])cccc4c3)cc2C(=O)N2CCc3ccccc3C2)c(C)c1Cl. The number of unbranched alkanes of at least 4 members (excludes halogenated alkanes) is 2. The second kappa shape index (κ2) is 16.4. The average Bonchev–Trinajstić information content (AvgIpc) is 3.48. The fourth-order valence-corrected chi connectivity index (χ4v) is 7.91. The normalized spacial score (nSPS) is 12.7. The first-order valence-corrected chi connectivity index (χ1v) is 20.0. The Morgan fingerprint density at radius 3 is 2.35 bits per heavy atom. The third-order valence-corrected chi connectivity index (χ3v) is 11.6. The van der Waals surface area contributed by atoms with Crippen LogP contribution in [0.5, 0.6) is 0 Å². The van der Waals surface area contributed by atoms with Crippen molar-refractivity contribution >= 4 is 55.8 Å². The molecule has 0 saturated carbocycles. The number of nitrogens with one attached hydrogen (secondary N) is 1. The van der Waals surface area contributed by atoms with E-state index in [9.17, 15) is 32.9 Å². The van der Waals surface area contributed by atoms with Gasteiger partial charge in [-0.15, -0.1) is 0 Å². The molecule has 5 aromatic rings. The van der Waals surface area contributed by atoms with Crippen LogP contribution >= 0.6 is 11.6 Å². The molecule has 0 bridgehead atoms. The molecule has 1 aliphatic heterocycles. The Hall–Kier alpha value is -5.60. The van der Waals surface area contributed by atoms with Crippen molar-refractivity contribution in [2.75, 3.05) is 19.6 Å². The molecule has 0 fully saturated rings. The van der Waals surface area contributed by atoms with Gasteiger partial charge in [-0.3, -0.25) is 24.5 Å².